The Bertz CT molecular complexity index is 1500. The maximum Gasteiger partial charge on any atom is 0.309 e. The number of carbonyl (C=O) groups excluding carboxylic acids is 3. The van der Waals surface area contributed by atoms with Gasteiger partial charge in [0.2, 0.25) is 0 Å². The van der Waals surface area contributed by atoms with Crippen LogP contribution >= 0.6 is 0 Å². The summed E-state index contributed by atoms with van der Waals surface area (Å²) >= 11 is 0. The van der Waals surface area contributed by atoms with Gasteiger partial charge in [-0.3, -0.25) is 14.4 Å². The van der Waals surface area contributed by atoms with Gasteiger partial charge in [0.25, 0.3) is 0 Å². The summed E-state index contributed by atoms with van der Waals surface area (Å²) in [7, 11) is 0. The van der Waals surface area contributed by atoms with Crippen molar-refractivity contribution in [1.82, 2.24) is 0 Å². The molecule has 0 fully saturated rings. The van der Waals surface area contributed by atoms with Crippen LogP contribution in [0.2, 0.25) is 0 Å². The lowest BCUT2D eigenvalue weighted by molar-refractivity contribution is -0.166. The van der Waals surface area contributed by atoms with E-state index in [1.807, 2.05) is 12.2 Å². The highest BCUT2D eigenvalue weighted by Crippen LogP contribution is 2.18. The molecule has 0 aliphatic heterocycles. The maximum absolute atomic E-state index is 12.9. The summed E-state index contributed by atoms with van der Waals surface area (Å²) in [5, 5.41) is 0. The van der Waals surface area contributed by atoms with Crippen LogP contribution < -0.4 is 0 Å². The molecule has 1 unspecified atom stereocenters. The third-order valence-electron chi connectivity index (χ3n) is 16.0. The molecule has 0 rings (SSSR count). The highest BCUT2D eigenvalue weighted by molar-refractivity contribution is 5.72. The first kappa shape index (κ1) is 78.8. The van der Waals surface area contributed by atoms with Gasteiger partial charge in [0.05, 0.1) is 6.42 Å². The molecule has 1 atom stereocenters. The summed E-state index contributed by atoms with van der Waals surface area (Å²) in [6.45, 7) is 6.50. The standard InChI is InChI=1S/C76H136O6/c1-4-7-10-13-16-19-22-25-28-30-32-34-35-36-37-38-39-40-42-43-45-48-51-54-57-60-63-66-69-75(78)81-72-73(71-80-74(77)68-65-62-59-56-53-50-47-27-24-21-18-15-12-9-6-3)82-76(79)70-67-64-61-58-55-52-49-46-44-41-33-31-29-26-23-20-17-14-11-8-5-2/h9,12,18,21,27,31,33,47,53,56,62,65,73H,4-8,10-11,13-17,19-20,22-26,28-30,32,34-46,48-52,54-55,57-61,63-64,66-72H2,1-3H3/b12-9-,21-18-,33-31-,47-27-,56-53-,65-62-. The van der Waals surface area contributed by atoms with Crippen molar-refractivity contribution >= 4 is 17.9 Å². The smallest absolute Gasteiger partial charge is 0.309 e. The van der Waals surface area contributed by atoms with Crippen molar-refractivity contribution in [2.24, 2.45) is 0 Å². The van der Waals surface area contributed by atoms with Crippen molar-refractivity contribution in [3.63, 3.8) is 0 Å². The van der Waals surface area contributed by atoms with E-state index >= 15 is 0 Å². The van der Waals surface area contributed by atoms with Gasteiger partial charge in [0.1, 0.15) is 13.2 Å². The molecule has 0 saturated carbocycles. The largest absolute Gasteiger partial charge is 0.462 e. The number of hydrogen-bond acceptors (Lipinski definition) is 6. The SMILES string of the molecule is CC/C=C\C/C=C\C/C=C\C/C=C\C/C=C\CC(=O)OCC(COC(=O)CCCCCCCCCCCCCCCCCCCCCCCCCCCCCC)OC(=O)CCCCCCCCCCC/C=C\CCCCCCCCCC. The summed E-state index contributed by atoms with van der Waals surface area (Å²) < 4.78 is 16.9. The van der Waals surface area contributed by atoms with Crippen molar-refractivity contribution in [3.8, 4) is 0 Å². The Balaban J connectivity index is 4.29. The maximum atomic E-state index is 12.9. The summed E-state index contributed by atoms with van der Waals surface area (Å²) in [6.07, 6.45) is 92.6. The first-order chi connectivity index (χ1) is 40.5. The van der Waals surface area contributed by atoms with Crippen molar-refractivity contribution in [2.75, 3.05) is 13.2 Å². The first-order valence-corrected chi connectivity index (χ1v) is 35.9. The number of rotatable bonds is 66. The van der Waals surface area contributed by atoms with E-state index in [2.05, 4.69) is 81.5 Å². The van der Waals surface area contributed by atoms with Gasteiger partial charge in [-0.15, -0.1) is 0 Å². The van der Waals surface area contributed by atoms with E-state index in [9.17, 15) is 14.4 Å². The van der Waals surface area contributed by atoms with Crippen LogP contribution in [0.5, 0.6) is 0 Å². The van der Waals surface area contributed by atoms with Gasteiger partial charge in [-0.05, 0) is 70.6 Å². The fourth-order valence-corrected chi connectivity index (χ4v) is 10.6. The van der Waals surface area contributed by atoms with E-state index in [1.54, 1.807) is 0 Å². The van der Waals surface area contributed by atoms with Gasteiger partial charge in [0.15, 0.2) is 6.10 Å². The molecule has 476 valence electrons. The molecule has 0 heterocycles. The molecule has 0 aromatic carbocycles. The zero-order valence-electron chi connectivity index (χ0n) is 54.8. The Morgan fingerprint density at radius 2 is 0.524 bits per heavy atom. The van der Waals surface area contributed by atoms with E-state index in [0.29, 0.717) is 12.8 Å². The number of carbonyl (C=O) groups is 3. The van der Waals surface area contributed by atoms with Crippen LogP contribution in [0.25, 0.3) is 0 Å². The average molecular weight is 1150 g/mol. The minimum atomic E-state index is -0.817. The van der Waals surface area contributed by atoms with Gasteiger partial charge >= 0.3 is 17.9 Å². The van der Waals surface area contributed by atoms with Crippen molar-refractivity contribution in [2.45, 2.75) is 380 Å². The first-order valence-electron chi connectivity index (χ1n) is 35.9. The van der Waals surface area contributed by atoms with Crippen LogP contribution in [0.1, 0.15) is 374 Å². The third-order valence-corrected chi connectivity index (χ3v) is 16.0. The second kappa shape index (κ2) is 70.3. The molecule has 0 aliphatic carbocycles. The van der Waals surface area contributed by atoms with Gasteiger partial charge in [-0.1, -0.05) is 357 Å². The number of hydrogen-bond donors (Lipinski definition) is 0. The molecule has 0 radical (unpaired) electrons. The van der Waals surface area contributed by atoms with E-state index in [4.69, 9.17) is 14.2 Å². The van der Waals surface area contributed by atoms with E-state index in [1.165, 1.54) is 263 Å². The topological polar surface area (TPSA) is 78.9 Å². The molecular formula is C76H136O6. The minimum Gasteiger partial charge on any atom is -0.462 e. The summed E-state index contributed by atoms with van der Waals surface area (Å²) in [5.41, 5.74) is 0. The molecule has 0 aromatic heterocycles. The van der Waals surface area contributed by atoms with Crippen LogP contribution in [0.15, 0.2) is 72.9 Å². The van der Waals surface area contributed by atoms with Gasteiger partial charge in [0, 0.05) is 12.8 Å². The molecule has 82 heavy (non-hydrogen) atoms. The van der Waals surface area contributed by atoms with Crippen LogP contribution in [0, 0.1) is 0 Å². The van der Waals surface area contributed by atoms with Crippen LogP contribution in [-0.4, -0.2) is 37.2 Å². The number of esters is 3. The number of allylic oxidation sites excluding steroid dienone is 11. The predicted molar refractivity (Wildman–Crippen MR) is 358 cm³/mol. The quantitative estimate of drug-likeness (QED) is 0.0261. The van der Waals surface area contributed by atoms with Crippen molar-refractivity contribution in [3.05, 3.63) is 72.9 Å². The van der Waals surface area contributed by atoms with Crippen LogP contribution in [0.3, 0.4) is 0 Å². The van der Waals surface area contributed by atoms with E-state index < -0.39 is 12.1 Å². The molecule has 6 heteroatoms. The summed E-state index contributed by atoms with van der Waals surface area (Å²) in [4.78, 5) is 38.4. The van der Waals surface area contributed by atoms with Crippen LogP contribution in [0.4, 0.5) is 0 Å². The second-order valence-corrected chi connectivity index (χ2v) is 24.1. The average Bonchev–Trinajstić information content (AvgIpc) is 3.47. The lowest BCUT2D eigenvalue weighted by Crippen LogP contribution is -2.30. The summed E-state index contributed by atoms with van der Waals surface area (Å²) in [5.74, 6) is -1.02. The number of unbranched alkanes of at least 4 members (excludes halogenated alkanes) is 44. The molecule has 6 nitrogen and oxygen atoms in total. The van der Waals surface area contributed by atoms with Gasteiger partial charge in [-0.2, -0.15) is 0 Å². The lowest BCUT2D eigenvalue weighted by atomic mass is 10.0. The highest BCUT2D eigenvalue weighted by Gasteiger charge is 2.19. The van der Waals surface area contributed by atoms with Crippen molar-refractivity contribution in [1.29, 1.82) is 0 Å². The summed E-state index contributed by atoms with van der Waals surface area (Å²) in [6, 6.07) is 0. The lowest BCUT2D eigenvalue weighted by Gasteiger charge is -2.18. The van der Waals surface area contributed by atoms with Gasteiger partial charge < -0.3 is 14.2 Å². The molecule has 0 N–H and O–H groups in total. The predicted octanol–water partition coefficient (Wildman–Crippen LogP) is 24.8. The normalized spacial score (nSPS) is 12.5. The zero-order valence-corrected chi connectivity index (χ0v) is 54.8. The Morgan fingerprint density at radius 3 is 0.841 bits per heavy atom. The molecular weight excluding hydrogens is 1010 g/mol. The molecule has 0 aromatic rings. The Labute approximate surface area is 510 Å². The molecule has 0 aliphatic rings. The van der Waals surface area contributed by atoms with E-state index in [0.717, 1.165) is 70.6 Å². The Kier molecular flexibility index (Phi) is 67.6. The fraction of sp³-hybridized carbons (Fsp3) is 0.803. The third kappa shape index (κ3) is 67.6. The highest BCUT2D eigenvalue weighted by atomic mass is 16.6. The molecule has 0 saturated heterocycles. The minimum absolute atomic E-state index is 0.103. The molecule has 0 amide bonds. The Hall–Kier alpha value is -3.15. The Morgan fingerprint density at radius 1 is 0.268 bits per heavy atom. The number of ether oxygens (including phenoxy) is 3. The van der Waals surface area contributed by atoms with Crippen LogP contribution in [-0.2, 0) is 28.6 Å². The van der Waals surface area contributed by atoms with Gasteiger partial charge in [-0.25, -0.2) is 0 Å². The second-order valence-electron chi connectivity index (χ2n) is 24.1. The monoisotopic (exact) mass is 1150 g/mol. The molecule has 0 bridgehead atoms. The zero-order chi connectivity index (χ0) is 59.2. The van der Waals surface area contributed by atoms with E-state index in [-0.39, 0.29) is 31.6 Å². The fourth-order valence-electron chi connectivity index (χ4n) is 10.6. The van der Waals surface area contributed by atoms with Crippen molar-refractivity contribution < 1.29 is 28.6 Å². The molecule has 0 spiro atoms.